The van der Waals surface area contributed by atoms with Crippen molar-refractivity contribution in [3.8, 4) is 11.3 Å². The summed E-state index contributed by atoms with van der Waals surface area (Å²) in [6, 6.07) is 13.5. The molecule has 35 heavy (non-hydrogen) atoms. The molecule has 184 valence electrons. The Balaban J connectivity index is 1.77. The second-order valence-electron chi connectivity index (χ2n) is 8.12. The average molecular weight is 496 g/mol. The van der Waals surface area contributed by atoms with Crippen molar-refractivity contribution in [1.82, 2.24) is 20.2 Å². The van der Waals surface area contributed by atoms with Crippen molar-refractivity contribution in [2.75, 3.05) is 39.2 Å². The minimum absolute atomic E-state index is 0.0123. The maximum Gasteiger partial charge on any atom is 0.243 e. The fourth-order valence-electron chi connectivity index (χ4n) is 3.15. The number of ether oxygens (including phenoxy) is 1. The number of hydrogen-bond acceptors (Lipinski definition) is 10. The van der Waals surface area contributed by atoms with Crippen molar-refractivity contribution < 1.29 is 13.2 Å². The van der Waals surface area contributed by atoms with Crippen LogP contribution in [0.2, 0.25) is 0 Å². The highest BCUT2D eigenvalue weighted by Gasteiger charge is 2.18. The molecule has 5 N–H and O–H groups in total. The first-order valence-corrected chi connectivity index (χ1v) is 12.5. The zero-order valence-electron chi connectivity index (χ0n) is 19.9. The Kier molecular flexibility index (Phi) is 8.28. The molecule has 0 saturated carbocycles. The zero-order chi connectivity index (χ0) is 25.6. The van der Waals surface area contributed by atoms with Gasteiger partial charge in [0.25, 0.3) is 0 Å². The summed E-state index contributed by atoms with van der Waals surface area (Å²) in [6.07, 6.45) is 1.44. The number of hydrogen-bond donors (Lipinski definition) is 4. The van der Waals surface area contributed by atoms with E-state index in [4.69, 9.17) is 21.3 Å². The van der Waals surface area contributed by atoms with Gasteiger partial charge < -0.3 is 20.7 Å². The predicted molar refractivity (Wildman–Crippen MR) is 136 cm³/mol. The van der Waals surface area contributed by atoms with E-state index in [1.165, 1.54) is 18.3 Å². The van der Waals surface area contributed by atoms with Gasteiger partial charge in [0, 0.05) is 24.2 Å². The van der Waals surface area contributed by atoms with E-state index in [1.54, 1.807) is 24.3 Å². The van der Waals surface area contributed by atoms with Crippen LogP contribution in [0.5, 0.6) is 0 Å². The molecule has 2 aromatic carbocycles. The van der Waals surface area contributed by atoms with Crippen LogP contribution in [-0.2, 0) is 21.1 Å². The molecule has 3 rings (SSSR count). The first-order valence-electron chi connectivity index (χ1n) is 10.8. The molecular formula is C24H29N7O3S. The lowest BCUT2D eigenvalue weighted by molar-refractivity contribution is 0.432. The van der Waals surface area contributed by atoms with Crippen LogP contribution in [0.15, 0.2) is 59.6 Å². The molecule has 0 aliphatic heterocycles. The summed E-state index contributed by atoms with van der Waals surface area (Å²) in [5.74, 6) is -0.628. The fourth-order valence-corrected chi connectivity index (χ4v) is 4.54. The van der Waals surface area contributed by atoms with E-state index in [9.17, 15) is 8.42 Å². The van der Waals surface area contributed by atoms with Crippen molar-refractivity contribution in [2.45, 2.75) is 11.4 Å². The summed E-state index contributed by atoms with van der Waals surface area (Å²) in [6.45, 7) is 1.13. The lowest BCUT2D eigenvalue weighted by Gasteiger charge is -2.12. The number of nitrogens with one attached hydrogen (secondary N) is 3. The molecule has 0 bridgehead atoms. The largest absolute Gasteiger partial charge is 0.419 e. The molecule has 0 fully saturated rings. The van der Waals surface area contributed by atoms with E-state index in [0.29, 0.717) is 29.9 Å². The summed E-state index contributed by atoms with van der Waals surface area (Å²) < 4.78 is 30.4. The Bertz CT molecular complexity index is 1310. The van der Waals surface area contributed by atoms with Gasteiger partial charge in [-0.3, -0.25) is 10.8 Å². The van der Waals surface area contributed by atoms with E-state index >= 15 is 0 Å². The van der Waals surface area contributed by atoms with Crippen LogP contribution in [0, 0.1) is 10.8 Å². The van der Waals surface area contributed by atoms with Gasteiger partial charge in [0.05, 0.1) is 22.5 Å². The third-order valence-electron chi connectivity index (χ3n) is 5.13. The van der Waals surface area contributed by atoms with Gasteiger partial charge in [-0.25, -0.2) is 18.4 Å². The molecule has 0 radical (unpaired) electrons. The van der Waals surface area contributed by atoms with Crippen molar-refractivity contribution in [3.05, 3.63) is 71.5 Å². The first-order chi connectivity index (χ1) is 16.6. The number of nitrogens with two attached hydrogens (primary N) is 1. The quantitative estimate of drug-likeness (QED) is 0.260. The molecule has 11 heteroatoms. The van der Waals surface area contributed by atoms with Gasteiger partial charge >= 0.3 is 0 Å². The van der Waals surface area contributed by atoms with Gasteiger partial charge in [-0.05, 0) is 51.0 Å². The van der Waals surface area contributed by atoms with Gasteiger partial charge in [0.15, 0.2) is 21.3 Å². The number of sulfone groups is 1. The fraction of sp³-hybridized carbons (Fsp3) is 0.250. The minimum atomic E-state index is -3.41. The number of benzene rings is 2. The van der Waals surface area contributed by atoms with Crippen LogP contribution < -0.4 is 11.1 Å². The van der Waals surface area contributed by atoms with Crippen LogP contribution in [0.1, 0.15) is 16.8 Å². The third kappa shape index (κ3) is 6.69. The van der Waals surface area contributed by atoms with Gasteiger partial charge in [-0.2, -0.15) is 0 Å². The Morgan fingerprint density at radius 2 is 1.71 bits per heavy atom. The summed E-state index contributed by atoms with van der Waals surface area (Å²) in [5, 5.41) is 19.5. The van der Waals surface area contributed by atoms with Crippen molar-refractivity contribution in [1.29, 1.82) is 10.8 Å². The number of rotatable bonds is 9. The Labute approximate surface area is 205 Å². The molecule has 0 atom stereocenters. The summed E-state index contributed by atoms with van der Waals surface area (Å²) in [7, 11) is 2.08. The smallest absolute Gasteiger partial charge is 0.243 e. The number of nitrogen functional groups attached to an aromatic ring is 1. The second-order valence-corrected chi connectivity index (χ2v) is 10.2. The first kappa shape index (κ1) is 25.9. The molecular weight excluding hydrogens is 466 g/mol. The van der Waals surface area contributed by atoms with Gasteiger partial charge in [-0.1, -0.05) is 24.3 Å². The van der Waals surface area contributed by atoms with Crippen LogP contribution in [0.25, 0.3) is 11.3 Å². The van der Waals surface area contributed by atoms with Gasteiger partial charge in [-0.15, -0.1) is 0 Å². The molecule has 0 spiro atoms. The SMILES string of the molecule is CNCc1ccc(C(=N)OC(=N)c2nc(-c3ccc(S(=O)(=O)CCN(C)C)cc3)cnc2N)cc1. The van der Waals surface area contributed by atoms with E-state index in [1.807, 2.05) is 38.2 Å². The van der Waals surface area contributed by atoms with Crippen LogP contribution >= 0.6 is 0 Å². The van der Waals surface area contributed by atoms with E-state index in [0.717, 1.165) is 5.56 Å². The molecule has 10 nitrogen and oxygen atoms in total. The lowest BCUT2D eigenvalue weighted by atomic mass is 10.1. The molecule has 0 aliphatic rings. The topological polar surface area (TPSA) is 158 Å². The number of nitrogens with zero attached hydrogens (tertiary/aromatic N) is 3. The maximum atomic E-state index is 12.5. The van der Waals surface area contributed by atoms with Crippen molar-refractivity contribution >= 4 is 27.5 Å². The highest BCUT2D eigenvalue weighted by Crippen LogP contribution is 2.22. The Morgan fingerprint density at radius 3 is 2.31 bits per heavy atom. The molecule has 0 aliphatic carbocycles. The average Bonchev–Trinajstić information content (AvgIpc) is 2.84. The van der Waals surface area contributed by atoms with Crippen LogP contribution in [-0.4, -0.2) is 68.5 Å². The third-order valence-corrected chi connectivity index (χ3v) is 6.84. The lowest BCUT2D eigenvalue weighted by Crippen LogP contribution is -2.21. The molecule has 0 saturated heterocycles. The zero-order valence-corrected chi connectivity index (χ0v) is 20.7. The summed E-state index contributed by atoms with van der Waals surface area (Å²) in [5.41, 5.74) is 8.46. The molecule has 1 aromatic heterocycles. The molecule has 0 amide bonds. The second kappa shape index (κ2) is 11.2. The Hall–Kier alpha value is -3.67. The van der Waals surface area contributed by atoms with Crippen LogP contribution in [0.4, 0.5) is 5.82 Å². The number of aromatic nitrogens is 2. The van der Waals surface area contributed by atoms with E-state index < -0.39 is 15.7 Å². The minimum Gasteiger partial charge on any atom is -0.419 e. The Morgan fingerprint density at radius 1 is 1.06 bits per heavy atom. The molecule has 0 unspecified atom stereocenters. The highest BCUT2D eigenvalue weighted by atomic mass is 32.2. The molecule has 1 heterocycles. The van der Waals surface area contributed by atoms with Gasteiger partial charge in [0.1, 0.15) is 0 Å². The maximum absolute atomic E-state index is 12.5. The standard InChI is InChI=1S/C24H29N7O3S/c1-28-14-16-4-6-18(7-5-16)23(26)34-24(27)21-22(25)29-15-20(30-21)17-8-10-19(11-9-17)35(32,33)13-12-31(2)3/h4-11,15,26-28H,12-14H2,1-3H3,(H2,25,29). The van der Waals surface area contributed by atoms with Crippen molar-refractivity contribution in [3.63, 3.8) is 0 Å². The highest BCUT2D eigenvalue weighted by molar-refractivity contribution is 7.91. The summed E-state index contributed by atoms with van der Waals surface area (Å²) >= 11 is 0. The molecule has 3 aromatic rings. The monoisotopic (exact) mass is 495 g/mol. The van der Waals surface area contributed by atoms with Gasteiger partial charge in [0.2, 0.25) is 11.8 Å². The number of anilines is 1. The van der Waals surface area contributed by atoms with Crippen LogP contribution in [0.3, 0.4) is 0 Å². The van der Waals surface area contributed by atoms with Crippen molar-refractivity contribution in [2.24, 2.45) is 0 Å². The normalized spacial score (nSPS) is 11.4. The summed E-state index contributed by atoms with van der Waals surface area (Å²) in [4.78, 5) is 10.5. The van der Waals surface area contributed by atoms with E-state index in [-0.39, 0.29) is 28.1 Å². The van der Waals surface area contributed by atoms with E-state index in [2.05, 4.69) is 15.3 Å². The predicted octanol–water partition coefficient (Wildman–Crippen LogP) is 2.15.